The normalized spacial score (nSPS) is 21.8. The number of hydrogen-bond donors (Lipinski definition) is 2. The highest BCUT2D eigenvalue weighted by Gasteiger charge is 2.30. The molecule has 22 heavy (non-hydrogen) atoms. The van der Waals surface area contributed by atoms with Crippen LogP contribution in [0.4, 0.5) is 0 Å². The van der Waals surface area contributed by atoms with Crippen molar-refractivity contribution < 1.29 is 8.42 Å². The average Bonchev–Trinajstić information content (AvgIpc) is 2.85. The Hall–Kier alpha value is -0.620. The molecular formula is C16H27ClN2O2S. The Morgan fingerprint density at radius 3 is 2.41 bits per heavy atom. The molecule has 0 radical (unpaired) electrons. The van der Waals surface area contributed by atoms with Gasteiger partial charge in [0.25, 0.3) is 0 Å². The van der Waals surface area contributed by atoms with Crippen LogP contribution in [0.3, 0.4) is 0 Å². The second-order valence-corrected chi connectivity index (χ2v) is 8.11. The molecule has 1 aromatic rings. The zero-order valence-electron chi connectivity index (χ0n) is 13.3. The third kappa shape index (κ3) is 4.95. The van der Waals surface area contributed by atoms with E-state index in [1.54, 1.807) is 12.1 Å². The van der Waals surface area contributed by atoms with Gasteiger partial charge in [-0.1, -0.05) is 32.4 Å². The van der Waals surface area contributed by atoms with Gasteiger partial charge >= 0.3 is 0 Å². The molecule has 1 aliphatic rings. The molecular weight excluding hydrogens is 320 g/mol. The van der Waals surface area contributed by atoms with Crippen LogP contribution in [-0.2, 0) is 16.4 Å². The molecule has 0 spiro atoms. The topological polar surface area (TPSA) is 72.2 Å². The van der Waals surface area contributed by atoms with Gasteiger partial charge in [-0.3, -0.25) is 0 Å². The van der Waals surface area contributed by atoms with Crippen LogP contribution in [0.25, 0.3) is 0 Å². The standard InChI is InChI=1S/C16H26N2O2S.ClH/c1-12(2)10-13-6-8-15(9-7-13)21(19,20)18-16-5-3-4-14(16)11-17;/h6-9,12,14,16,18H,3-5,10-11,17H2,1-2H3;1H. The van der Waals surface area contributed by atoms with Crippen LogP contribution >= 0.6 is 12.4 Å². The Balaban J connectivity index is 0.00000242. The summed E-state index contributed by atoms with van der Waals surface area (Å²) in [4.78, 5) is 0.345. The highest BCUT2D eigenvalue weighted by molar-refractivity contribution is 7.89. The summed E-state index contributed by atoms with van der Waals surface area (Å²) in [5.74, 6) is 0.828. The molecule has 0 heterocycles. The van der Waals surface area contributed by atoms with Gasteiger partial charge in [-0.15, -0.1) is 12.4 Å². The van der Waals surface area contributed by atoms with Crippen LogP contribution in [-0.4, -0.2) is 21.0 Å². The summed E-state index contributed by atoms with van der Waals surface area (Å²) in [6.07, 6.45) is 3.90. The molecule has 2 rings (SSSR count). The molecule has 0 amide bonds. The molecule has 0 saturated heterocycles. The third-order valence-electron chi connectivity index (χ3n) is 4.15. The Morgan fingerprint density at radius 2 is 1.86 bits per heavy atom. The molecule has 2 unspecified atom stereocenters. The van der Waals surface area contributed by atoms with E-state index in [1.807, 2.05) is 12.1 Å². The van der Waals surface area contributed by atoms with E-state index in [-0.39, 0.29) is 24.4 Å². The number of halogens is 1. The first kappa shape index (κ1) is 19.4. The Bertz CT molecular complexity index is 558. The molecule has 4 nitrogen and oxygen atoms in total. The number of sulfonamides is 1. The van der Waals surface area contributed by atoms with Gasteiger partial charge in [0.2, 0.25) is 10.0 Å². The van der Waals surface area contributed by atoms with Crippen molar-refractivity contribution in [1.82, 2.24) is 4.72 Å². The van der Waals surface area contributed by atoms with Crippen molar-refractivity contribution in [3.05, 3.63) is 29.8 Å². The first-order chi connectivity index (χ1) is 9.92. The summed E-state index contributed by atoms with van der Waals surface area (Å²) in [6.45, 7) is 4.85. The van der Waals surface area contributed by atoms with E-state index in [1.165, 1.54) is 5.56 Å². The molecule has 6 heteroatoms. The molecule has 1 aromatic carbocycles. The van der Waals surface area contributed by atoms with Gasteiger partial charge in [-0.2, -0.15) is 0 Å². The predicted octanol–water partition coefficient (Wildman–Crippen LogP) is 2.71. The van der Waals surface area contributed by atoms with Crippen LogP contribution in [0.1, 0.15) is 38.7 Å². The Morgan fingerprint density at radius 1 is 1.23 bits per heavy atom. The predicted molar refractivity (Wildman–Crippen MR) is 92.7 cm³/mol. The van der Waals surface area contributed by atoms with E-state index in [4.69, 9.17) is 5.73 Å². The largest absolute Gasteiger partial charge is 0.330 e. The zero-order chi connectivity index (χ0) is 15.5. The number of hydrogen-bond acceptors (Lipinski definition) is 3. The van der Waals surface area contributed by atoms with Crippen molar-refractivity contribution in [1.29, 1.82) is 0 Å². The number of nitrogens with one attached hydrogen (secondary N) is 1. The van der Waals surface area contributed by atoms with Crippen molar-refractivity contribution in [3.8, 4) is 0 Å². The highest BCUT2D eigenvalue weighted by Crippen LogP contribution is 2.26. The quantitative estimate of drug-likeness (QED) is 0.831. The van der Waals surface area contributed by atoms with Crippen LogP contribution in [0.2, 0.25) is 0 Å². The first-order valence-electron chi connectivity index (χ1n) is 7.73. The van der Waals surface area contributed by atoms with Crippen LogP contribution in [0.5, 0.6) is 0 Å². The summed E-state index contributed by atoms with van der Waals surface area (Å²) >= 11 is 0. The van der Waals surface area contributed by atoms with Crippen LogP contribution in [0.15, 0.2) is 29.2 Å². The second-order valence-electron chi connectivity index (χ2n) is 6.40. The van der Waals surface area contributed by atoms with E-state index in [2.05, 4.69) is 18.6 Å². The van der Waals surface area contributed by atoms with Gasteiger partial charge in [-0.25, -0.2) is 13.1 Å². The number of rotatable bonds is 6. The van der Waals surface area contributed by atoms with Crippen molar-refractivity contribution in [3.63, 3.8) is 0 Å². The molecule has 0 aliphatic heterocycles. The molecule has 126 valence electrons. The smallest absolute Gasteiger partial charge is 0.240 e. The van der Waals surface area contributed by atoms with Crippen molar-refractivity contribution in [2.75, 3.05) is 6.54 Å². The minimum atomic E-state index is -3.44. The van der Waals surface area contributed by atoms with Crippen molar-refractivity contribution >= 4 is 22.4 Å². The maximum absolute atomic E-state index is 12.4. The van der Waals surface area contributed by atoms with Crippen LogP contribution < -0.4 is 10.5 Å². The van der Waals surface area contributed by atoms with Crippen molar-refractivity contribution in [2.45, 2.75) is 50.5 Å². The van der Waals surface area contributed by atoms with Gasteiger partial charge in [0.1, 0.15) is 0 Å². The fourth-order valence-corrected chi connectivity index (χ4v) is 4.36. The Labute approximate surface area is 140 Å². The van der Waals surface area contributed by atoms with Gasteiger partial charge in [0.15, 0.2) is 0 Å². The first-order valence-corrected chi connectivity index (χ1v) is 9.22. The SMILES string of the molecule is CC(C)Cc1ccc(S(=O)(=O)NC2CCCC2CN)cc1.Cl. The fourth-order valence-electron chi connectivity index (χ4n) is 3.02. The van der Waals surface area contributed by atoms with Gasteiger partial charge in [-0.05, 0) is 55.3 Å². The molecule has 1 saturated carbocycles. The van der Waals surface area contributed by atoms with Gasteiger partial charge in [0, 0.05) is 6.04 Å². The second kappa shape index (κ2) is 8.29. The number of benzene rings is 1. The summed E-state index contributed by atoms with van der Waals surface area (Å²) in [7, 11) is -3.44. The van der Waals surface area contributed by atoms with E-state index >= 15 is 0 Å². The maximum atomic E-state index is 12.4. The lowest BCUT2D eigenvalue weighted by Crippen LogP contribution is -2.39. The van der Waals surface area contributed by atoms with Gasteiger partial charge < -0.3 is 5.73 Å². The lowest BCUT2D eigenvalue weighted by molar-refractivity contribution is 0.453. The summed E-state index contributed by atoms with van der Waals surface area (Å²) in [6, 6.07) is 7.20. The molecule has 0 bridgehead atoms. The molecule has 1 aliphatic carbocycles. The molecule has 3 N–H and O–H groups in total. The average molecular weight is 347 g/mol. The highest BCUT2D eigenvalue weighted by atomic mass is 35.5. The van der Waals surface area contributed by atoms with E-state index < -0.39 is 10.0 Å². The summed E-state index contributed by atoms with van der Waals surface area (Å²) in [5, 5.41) is 0. The summed E-state index contributed by atoms with van der Waals surface area (Å²) in [5.41, 5.74) is 6.88. The Kier molecular flexibility index (Phi) is 7.32. The van der Waals surface area contributed by atoms with E-state index in [0.717, 1.165) is 25.7 Å². The fraction of sp³-hybridized carbons (Fsp3) is 0.625. The monoisotopic (exact) mass is 346 g/mol. The van der Waals surface area contributed by atoms with Crippen LogP contribution in [0, 0.1) is 11.8 Å². The van der Waals surface area contributed by atoms with E-state index in [0.29, 0.717) is 17.4 Å². The van der Waals surface area contributed by atoms with E-state index in [9.17, 15) is 8.42 Å². The molecule has 1 fully saturated rings. The maximum Gasteiger partial charge on any atom is 0.240 e. The molecule has 2 atom stereocenters. The minimum Gasteiger partial charge on any atom is -0.330 e. The molecule has 0 aromatic heterocycles. The van der Waals surface area contributed by atoms with Crippen molar-refractivity contribution in [2.24, 2.45) is 17.6 Å². The minimum absolute atomic E-state index is 0. The third-order valence-corrected chi connectivity index (χ3v) is 5.65. The summed E-state index contributed by atoms with van der Waals surface area (Å²) < 4.78 is 27.7. The lowest BCUT2D eigenvalue weighted by atomic mass is 10.0. The zero-order valence-corrected chi connectivity index (χ0v) is 14.9. The van der Waals surface area contributed by atoms with Gasteiger partial charge in [0.05, 0.1) is 4.90 Å². The lowest BCUT2D eigenvalue weighted by Gasteiger charge is -2.19. The number of nitrogens with two attached hydrogens (primary N) is 1.